The van der Waals surface area contributed by atoms with Crippen LogP contribution in [-0.2, 0) is 25.6 Å². The Morgan fingerprint density at radius 1 is 1.33 bits per heavy atom. The van der Waals surface area contributed by atoms with Crippen LogP contribution in [0.4, 0.5) is 0 Å². The molecule has 5 heteroatoms. The van der Waals surface area contributed by atoms with Gasteiger partial charge in [0.05, 0.1) is 24.6 Å². The lowest BCUT2D eigenvalue weighted by Gasteiger charge is -2.35. The Hall–Kier alpha value is -1.33. The van der Waals surface area contributed by atoms with Gasteiger partial charge in [0.1, 0.15) is 20.1 Å². The summed E-state index contributed by atoms with van der Waals surface area (Å²) < 4.78 is 17.4. The highest BCUT2D eigenvalue weighted by molar-refractivity contribution is 6.11. The monoisotopic (exact) mass is 288 g/mol. The standard InChI is InChI=1S/C16H21BO4/c1-10-14-15(17)21-16(10,11(2)20-14)8-13(18)19-9-12-6-4-3-5-7-12/h3-7,10-11,14-15H,8-9,17H2,1-2H3/t10-,11?,14?,15-,16-/m1/s1. The molecular formula is C16H21BO4. The maximum Gasteiger partial charge on any atom is 0.309 e. The SMILES string of the molecule is B[C@@H]1O[C@@]2(CC(=O)OCc3ccccc3)C(C)OC1[C@H]2C. The van der Waals surface area contributed by atoms with Crippen molar-refractivity contribution in [1.29, 1.82) is 0 Å². The number of benzene rings is 1. The van der Waals surface area contributed by atoms with Gasteiger partial charge in [-0.2, -0.15) is 0 Å². The fourth-order valence-corrected chi connectivity index (χ4v) is 3.61. The van der Waals surface area contributed by atoms with E-state index in [1.54, 1.807) is 0 Å². The van der Waals surface area contributed by atoms with Gasteiger partial charge in [-0.05, 0) is 12.5 Å². The van der Waals surface area contributed by atoms with Crippen molar-refractivity contribution in [3.63, 3.8) is 0 Å². The zero-order chi connectivity index (χ0) is 15.0. The number of ether oxygens (including phenoxy) is 3. The topological polar surface area (TPSA) is 44.8 Å². The van der Waals surface area contributed by atoms with E-state index in [9.17, 15) is 4.79 Å². The van der Waals surface area contributed by atoms with E-state index in [1.807, 2.05) is 45.1 Å². The number of carbonyl (C=O) groups is 1. The molecule has 21 heavy (non-hydrogen) atoms. The number of rotatable bonds is 4. The normalized spacial score (nSPS) is 37.6. The Bertz CT molecular complexity index is 520. The second-order valence-corrected chi connectivity index (χ2v) is 6.13. The van der Waals surface area contributed by atoms with Gasteiger partial charge in [0.15, 0.2) is 0 Å². The lowest BCUT2D eigenvalue weighted by atomic mass is 9.82. The van der Waals surface area contributed by atoms with E-state index in [4.69, 9.17) is 14.2 Å². The highest BCUT2D eigenvalue weighted by atomic mass is 16.6. The van der Waals surface area contributed by atoms with Gasteiger partial charge in [-0.15, -0.1) is 0 Å². The predicted octanol–water partition coefficient (Wildman–Crippen LogP) is 1.27. The quantitative estimate of drug-likeness (QED) is 0.618. The van der Waals surface area contributed by atoms with E-state index in [-0.39, 0.29) is 36.5 Å². The number of hydrogen-bond donors (Lipinski definition) is 0. The summed E-state index contributed by atoms with van der Waals surface area (Å²) >= 11 is 0. The molecule has 2 fully saturated rings. The van der Waals surface area contributed by atoms with Gasteiger partial charge in [0.2, 0.25) is 0 Å². The fourth-order valence-electron chi connectivity index (χ4n) is 3.61. The molecule has 0 amide bonds. The Balaban J connectivity index is 1.62. The van der Waals surface area contributed by atoms with Gasteiger partial charge in [-0.25, -0.2) is 0 Å². The van der Waals surface area contributed by atoms with Crippen molar-refractivity contribution in [2.24, 2.45) is 5.92 Å². The van der Waals surface area contributed by atoms with Crippen molar-refractivity contribution in [2.75, 3.05) is 0 Å². The van der Waals surface area contributed by atoms with Gasteiger partial charge in [0.25, 0.3) is 0 Å². The summed E-state index contributed by atoms with van der Waals surface area (Å²) in [5, 5.41) is 0. The molecule has 2 bridgehead atoms. The molecule has 5 atom stereocenters. The average Bonchev–Trinajstić information content (AvgIpc) is 2.84. The van der Waals surface area contributed by atoms with Crippen LogP contribution >= 0.6 is 0 Å². The van der Waals surface area contributed by atoms with Crippen molar-refractivity contribution in [2.45, 2.75) is 50.7 Å². The molecule has 2 aliphatic rings. The maximum atomic E-state index is 12.2. The first-order valence-corrected chi connectivity index (χ1v) is 7.56. The summed E-state index contributed by atoms with van der Waals surface area (Å²) in [5.74, 6) is -0.0114. The highest BCUT2D eigenvalue weighted by Crippen LogP contribution is 2.49. The first-order chi connectivity index (χ1) is 10.0. The van der Waals surface area contributed by atoms with E-state index in [1.165, 1.54) is 0 Å². The molecule has 1 aromatic carbocycles. The Labute approximate surface area is 126 Å². The highest BCUT2D eigenvalue weighted by Gasteiger charge is 2.62. The number of hydrogen-bond acceptors (Lipinski definition) is 4. The van der Waals surface area contributed by atoms with Crippen LogP contribution in [-0.4, -0.2) is 37.6 Å². The molecule has 112 valence electrons. The van der Waals surface area contributed by atoms with Crippen LogP contribution in [0.5, 0.6) is 0 Å². The van der Waals surface area contributed by atoms with Crippen LogP contribution in [0.15, 0.2) is 30.3 Å². The lowest BCUT2D eigenvalue weighted by Crippen LogP contribution is -2.46. The Morgan fingerprint density at radius 3 is 2.67 bits per heavy atom. The van der Waals surface area contributed by atoms with Crippen LogP contribution in [0.3, 0.4) is 0 Å². The smallest absolute Gasteiger partial charge is 0.309 e. The third kappa shape index (κ3) is 2.49. The molecule has 2 unspecified atom stereocenters. The first kappa shape index (κ1) is 14.6. The van der Waals surface area contributed by atoms with Gasteiger partial charge < -0.3 is 14.2 Å². The Kier molecular flexibility index (Phi) is 3.80. The van der Waals surface area contributed by atoms with E-state index < -0.39 is 5.60 Å². The lowest BCUT2D eigenvalue weighted by molar-refractivity contribution is -0.175. The van der Waals surface area contributed by atoms with Crippen LogP contribution in [0.1, 0.15) is 25.8 Å². The minimum atomic E-state index is -0.530. The molecule has 0 spiro atoms. The zero-order valence-corrected chi connectivity index (χ0v) is 12.7. The van der Waals surface area contributed by atoms with E-state index in [2.05, 4.69) is 6.92 Å². The molecule has 0 aliphatic carbocycles. The summed E-state index contributed by atoms with van der Waals surface area (Å²) in [7, 11) is 2.00. The first-order valence-electron chi connectivity index (χ1n) is 7.56. The van der Waals surface area contributed by atoms with E-state index in [0.717, 1.165) is 5.56 Å². The number of esters is 1. The molecule has 0 saturated carbocycles. The second kappa shape index (κ2) is 5.46. The third-order valence-corrected chi connectivity index (χ3v) is 4.84. The molecular weight excluding hydrogens is 267 g/mol. The molecule has 4 nitrogen and oxygen atoms in total. The predicted molar refractivity (Wildman–Crippen MR) is 80.5 cm³/mol. The zero-order valence-electron chi connectivity index (χ0n) is 12.7. The molecule has 2 saturated heterocycles. The molecule has 3 rings (SSSR count). The summed E-state index contributed by atoms with van der Waals surface area (Å²) in [6, 6.07) is 9.74. The van der Waals surface area contributed by atoms with Crippen LogP contribution in [0, 0.1) is 5.92 Å². The van der Waals surface area contributed by atoms with Gasteiger partial charge >= 0.3 is 5.97 Å². The van der Waals surface area contributed by atoms with Gasteiger partial charge in [-0.3, -0.25) is 4.79 Å². The van der Waals surface area contributed by atoms with Crippen molar-refractivity contribution in [1.82, 2.24) is 0 Å². The maximum absolute atomic E-state index is 12.2. The summed E-state index contributed by atoms with van der Waals surface area (Å²) in [5.41, 5.74) is 0.461. The van der Waals surface area contributed by atoms with Crippen LogP contribution < -0.4 is 0 Å². The summed E-state index contributed by atoms with van der Waals surface area (Å²) in [6.07, 6.45) is 0.267. The summed E-state index contributed by atoms with van der Waals surface area (Å²) in [4.78, 5) is 12.2. The fraction of sp³-hybridized carbons (Fsp3) is 0.562. The van der Waals surface area contributed by atoms with Crippen molar-refractivity contribution >= 4 is 13.8 Å². The molecule has 1 aromatic rings. The number of carbonyl (C=O) groups excluding carboxylic acids is 1. The van der Waals surface area contributed by atoms with Crippen molar-refractivity contribution < 1.29 is 19.0 Å². The third-order valence-electron chi connectivity index (χ3n) is 4.84. The minimum Gasteiger partial charge on any atom is -0.461 e. The summed E-state index contributed by atoms with van der Waals surface area (Å²) in [6.45, 7) is 4.38. The van der Waals surface area contributed by atoms with E-state index >= 15 is 0 Å². The average molecular weight is 288 g/mol. The van der Waals surface area contributed by atoms with Crippen LogP contribution in [0.2, 0.25) is 0 Å². The van der Waals surface area contributed by atoms with E-state index in [0.29, 0.717) is 6.61 Å². The van der Waals surface area contributed by atoms with Gasteiger partial charge in [0, 0.05) is 5.92 Å². The Morgan fingerprint density at radius 2 is 2.05 bits per heavy atom. The van der Waals surface area contributed by atoms with Crippen molar-refractivity contribution in [3.8, 4) is 0 Å². The van der Waals surface area contributed by atoms with Gasteiger partial charge in [-0.1, -0.05) is 37.3 Å². The largest absolute Gasteiger partial charge is 0.461 e. The van der Waals surface area contributed by atoms with Crippen molar-refractivity contribution in [3.05, 3.63) is 35.9 Å². The molecule has 2 heterocycles. The number of fused-ring (bicyclic) bond motifs is 2. The van der Waals surface area contributed by atoms with Crippen LogP contribution in [0.25, 0.3) is 0 Å². The second-order valence-electron chi connectivity index (χ2n) is 6.13. The molecule has 0 aromatic heterocycles. The minimum absolute atomic E-state index is 0.0399. The molecule has 0 radical (unpaired) electrons. The molecule has 0 N–H and O–H groups in total. The molecule has 2 aliphatic heterocycles.